The van der Waals surface area contributed by atoms with Crippen molar-refractivity contribution in [1.82, 2.24) is 25.1 Å². The SMILES string of the molecule is CCC[C@H]1C[C@H](N(C)c2nc(Nc3cc(C)[nH]n3)cc(O[C@H]3CCOC3)n2)C[C@@H](CC)N1C(=O)CCOC. The number of nitrogens with zero attached hydrogens (tertiary/aromatic N) is 5. The average molecular weight is 530 g/mol. The fourth-order valence-corrected chi connectivity index (χ4v) is 5.49. The number of anilines is 3. The van der Waals surface area contributed by atoms with Gasteiger partial charge < -0.3 is 29.3 Å². The van der Waals surface area contributed by atoms with Gasteiger partial charge in [-0.1, -0.05) is 20.3 Å². The molecule has 2 aliphatic rings. The topological polar surface area (TPSA) is 118 Å². The van der Waals surface area contributed by atoms with Gasteiger partial charge in [-0.2, -0.15) is 15.1 Å². The highest BCUT2D eigenvalue weighted by atomic mass is 16.5. The average Bonchev–Trinajstić information content (AvgIpc) is 3.57. The standard InChI is InChI=1S/C27H43N7O4/c1-6-8-20-15-21(14-19(7-2)34(20)26(35)10-11-36-5)33(4)27-29-23(28-24-13-18(3)31-32-24)16-25(30-27)38-22-9-12-37-17-22/h13,16,19-22H,6-12,14-15,17H2,1-5H3,(H2,28,29,30,31,32)/t19-,20+,21-,22+/m1/s1. The van der Waals surface area contributed by atoms with Gasteiger partial charge in [0.25, 0.3) is 0 Å². The van der Waals surface area contributed by atoms with Crippen LogP contribution in [0.2, 0.25) is 0 Å². The summed E-state index contributed by atoms with van der Waals surface area (Å²) < 4.78 is 16.9. The molecule has 0 saturated carbocycles. The summed E-state index contributed by atoms with van der Waals surface area (Å²) >= 11 is 0. The number of aromatic amines is 1. The summed E-state index contributed by atoms with van der Waals surface area (Å²) in [7, 11) is 3.69. The van der Waals surface area contributed by atoms with Gasteiger partial charge in [0.1, 0.15) is 11.9 Å². The number of carbonyl (C=O) groups excluding carboxylic acids is 1. The lowest BCUT2D eigenvalue weighted by atomic mass is 9.86. The summed E-state index contributed by atoms with van der Waals surface area (Å²) in [5.74, 6) is 2.58. The van der Waals surface area contributed by atoms with E-state index in [1.54, 1.807) is 7.11 Å². The van der Waals surface area contributed by atoms with E-state index in [2.05, 4.69) is 39.2 Å². The fourth-order valence-electron chi connectivity index (χ4n) is 5.49. The number of rotatable bonds is 12. The van der Waals surface area contributed by atoms with Crippen molar-refractivity contribution in [2.24, 2.45) is 0 Å². The van der Waals surface area contributed by atoms with Gasteiger partial charge in [-0.3, -0.25) is 9.89 Å². The molecule has 0 bridgehead atoms. The lowest BCUT2D eigenvalue weighted by Gasteiger charge is -2.47. The van der Waals surface area contributed by atoms with Crippen molar-refractivity contribution in [1.29, 1.82) is 0 Å². The molecular weight excluding hydrogens is 486 g/mol. The first kappa shape index (κ1) is 28.1. The zero-order chi connectivity index (χ0) is 27.1. The zero-order valence-corrected chi connectivity index (χ0v) is 23.4. The highest BCUT2D eigenvalue weighted by molar-refractivity contribution is 5.77. The van der Waals surface area contributed by atoms with Crippen LogP contribution in [-0.4, -0.2) is 89.2 Å². The number of H-pyrrole nitrogens is 1. The molecule has 210 valence electrons. The minimum Gasteiger partial charge on any atom is -0.472 e. The maximum atomic E-state index is 13.2. The maximum Gasteiger partial charge on any atom is 0.230 e. The number of aromatic nitrogens is 4. The van der Waals surface area contributed by atoms with Crippen LogP contribution in [0.25, 0.3) is 0 Å². The number of methoxy groups -OCH3 is 1. The van der Waals surface area contributed by atoms with Crippen molar-refractivity contribution in [3.05, 3.63) is 17.8 Å². The van der Waals surface area contributed by atoms with Crippen LogP contribution in [0.1, 0.15) is 64.5 Å². The quantitative estimate of drug-likeness (QED) is 0.423. The molecule has 0 unspecified atom stereocenters. The minimum absolute atomic E-state index is 0.0247. The number of aryl methyl sites for hydroxylation is 1. The molecule has 4 rings (SSSR count). The molecule has 11 heteroatoms. The Morgan fingerprint density at radius 3 is 2.71 bits per heavy atom. The van der Waals surface area contributed by atoms with E-state index in [1.165, 1.54) is 0 Å². The number of nitrogens with one attached hydrogen (secondary N) is 2. The molecule has 2 saturated heterocycles. The molecular formula is C27H43N7O4. The van der Waals surface area contributed by atoms with Crippen LogP contribution >= 0.6 is 0 Å². The molecule has 2 aliphatic heterocycles. The molecule has 2 fully saturated rings. The van der Waals surface area contributed by atoms with Gasteiger partial charge in [0, 0.05) is 56.5 Å². The van der Waals surface area contributed by atoms with Gasteiger partial charge >= 0.3 is 0 Å². The second kappa shape index (κ2) is 13.2. The highest BCUT2D eigenvalue weighted by Gasteiger charge is 2.39. The fraction of sp³-hybridized carbons (Fsp3) is 0.704. The molecule has 4 heterocycles. The van der Waals surface area contributed by atoms with Crippen LogP contribution in [0.5, 0.6) is 5.88 Å². The Bertz CT molecular complexity index is 1040. The van der Waals surface area contributed by atoms with Crippen molar-refractivity contribution in [2.75, 3.05) is 44.2 Å². The van der Waals surface area contributed by atoms with E-state index in [4.69, 9.17) is 24.2 Å². The Balaban J connectivity index is 1.58. The highest BCUT2D eigenvalue weighted by Crippen LogP contribution is 2.33. The number of ether oxygens (including phenoxy) is 3. The van der Waals surface area contributed by atoms with Gasteiger partial charge in [0.2, 0.25) is 17.7 Å². The second-order valence-corrected chi connectivity index (χ2v) is 10.3. The molecule has 38 heavy (non-hydrogen) atoms. The first-order valence-electron chi connectivity index (χ1n) is 13.9. The van der Waals surface area contributed by atoms with E-state index >= 15 is 0 Å². The maximum absolute atomic E-state index is 13.2. The summed E-state index contributed by atoms with van der Waals surface area (Å²) in [6.45, 7) is 8.00. The number of hydrogen-bond acceptors (Lipinski definition) is 9. The Labute approximate surface area is 225 Å². The zero-order valence-electron chi connectivity index (χ0n) is 23.4. The molecule has 11 nitrogen and oxygen atoms in total. The van der Waals surface area contributed by atoms with Gasteiger partial charge in [0.15, 0.2) is 5.82 Å². The van der Waals surface area contributed by atoms with E-state index in [0.29, 0.717) is 49.7 Å². The molecule has 2 aromatic heterocycles. The molecule has 0 aromatic carbocycles. The predicted molar refractivity (Wildman–Crippen MR) is 146 cm³/mol. The Hall–Kier alpha value is -2.92. The van der Waals surface area contributed by atoms with Gasteiger partial charge in [-0.25, -0.2) is 0 Å². The van der Waals surface area contributed by atoms with Crippen LogP contribution in [-0.2, 0) is 14.3 Å². The Kier molecular flexibility index (Phi) is 9.79. The summed E-state index contributed by atoms with van der Waals surface area (Å²) in [6, 6.07) is 4.26. The first-order chi connectivity index (χ1) is 18.4. The van der Waals surface area contributed by atoms with E-state index in [9.17, 15) is 4.79 Å². The number of carbonyl (C=O) groups is 1. The summed E-state index contributed by atoms with van der Waals surface area (Å²) in [5, 5.41) is 10.5. The normalized spacial score (nSPS) is 23.4. The molecule has 2 N–H and O–H groups in total. The molecule has 0 aliphatic carbocycles. The molecule has 2 aromatic rings. The van der Waals surface area contributed by atoms with Crippen LogP contribution in [0, 0.1) is 6.92 Å². The van der Waals surface area contributed by atoms with Crippen molar-refractivity contribution >= 4 is 23.5 Å². The van der Waals surface area contributed by atoms with Crippen LogP contribution in [0.3, 0.4) is 0 Å². The van der Waals surface area contributed by atoms with E-state index in [1.807, 2.05) is 26.1 Å². The largest absolute Gasteiger partial charge is 0.472 e. The summed E-state index contributed by atoms with van der Waals surface area (Å²) in [4.78, 5) is 27.1. The first-order valence-corrected chi connectivity index (χ1v) is 13.9. The minimum atomic E-state index is -0.0247. The van der Waals surface area contributed by atoms with E-state index in [0.717, 1.165) is 44.2 Å². The van der Waals surface area contributed by atoms with Crippen molar-refractivity contribution < 1.29 is 19.0 Å². The molecule has 1 amide bonds. The number of hydrogen-bond donors (Lipinski definition) is 2. The number of piperidine rings is 1. The predicted octanol–water partition coefficient (Wildman–Crippen LogP) is 3.83. The molecule has 0 spiro atoms. The Morgan fingerprint density at radius 1 is 1.24 bits per heavy atom. The monoisotopic (exact) mass is 529 g/mol. The number of amides is 1. The second-order valence-electron chi connectivity index (χ2n) is 10.3. The van der Waals surface area contributed by atoms with Crippen molar-refractivity contribution in [3.8, 4) is 5.88 Å². The van der Waals surface area contributed by atoms with E-state index < -0.39 is 0 Å². The molecule has 4 atom stereocenters. The third kappa shape index (κ3) is 6.93. The Morgan fingerprint density at radius 2 is 2.05 bits per heavy atom. The third-order valence-corrected chi connectivity index (χ3v) is 7.47. The van der Waals surface area contributed by atoms with E-state index in [-0.39, 0.29) is 30.1 Å². The van der Waals surface area contributed by atoms with Crippen molar-refractivity contribution in [2.45, 2.75) is 89.9 Å². The lowest BCUT2D eigenvalue weighted by Crippen LogP contribution is -2.56. The lowest BCUT2D eigenvalue weighted by molar-refractivity contribution is -0.140. The van der Waals surface area contributed by atoms with Crippen molar-refractivity contribution in [3.63, 3.8) is 0 Å². The summed E-state index contributed by atoms with van der Waals surface area (Å²) in [6.07, 6.45) is 5.85. The van der Waals surface area contributed by atoms with Crippen LogP contribution in [0.15, 0.2) is 12.1 Å². The summed E-state index contributed by atoms with van der Waals surface area (Å²) in [5.41, 5.74) is 0.956. The van der Waals surface area contributed by atoms with Crippen LogP contribution < -0.4 is 15.0 Å². The van der Waals surface area contributed by atoms with Gasteiger partial charge in [-0.15, -0.1) is 0 Å². The van der Waals surface area contributed by atoms with Crippen LogP contribution in [0.4, 0.5) is 17.6 Å². The smallest absolute Gasteiger partial charge is 0.230 e. The number of likely N-dealkylation sites (tertiary alicyclic amines) is 1. The van der Waals surface area contributed by atoms with Gasteiger partial charge in [0.05, 0.1) is 26.2 Å². The third-order valence-electron chi connectivity index (χ3n) is 7.47. The molecule has 0 radical (unpaired) electrons. The van der Waals surface area contributed by atoms with Gasteiger partial charge in [-0.05, 0) is 32.6 Å².